The van der Waals surface area contributed by atoms with Gasteiger partial charge in [-0.2, -0.15) is 0 Å². The van der Waals surface area contributed by atoms with Gasteiger partial charge in [0, 0.05) is 5.69 Å². The van der Waals surface area contributed by atoms with Gasteiger partial charge >= 0.3 is 0 Å². The molecule has 0 unspecified atom stereocenters. The third-order valence-electron chi connectivity index (χ3n) is 6.21. The Balaban J connectivity index is 1.49. The summed E-state index contributed by atoms with van der Waals surface area (Å²) < 4.78 is 19.4. The molecule has 0 aromatic heterocycles. The van der Waals surface area contributed by atoms with Gasteiger partial charge in [0.1, 0.15) is 18.2 Å². The van der Waals surface area contributed by atoms with Gasteiger partial charge in [0.2, 0.25) is 5.91 Å². The highest BCUT2D eigenvalue weighted by Gasteiger charge is 2.41. The molecule has 1 aliphatic carbocycles. The van der Waals surface area contributed by atoms with Crippen LogP contribution in [0.1, 0.15) is 48.8 Å². The van der Waals surface area contributed by atoms with Crippen LogP contribution in [0.25, 0.3) is 0 Å². The number of anilines is 1. The number of aryl methyl sites for hydroxylation is 1. The first kappa shape index (κ1) is 21.1. The van der Waals surface area contributed by atoms with Gasteiger partial charge in [-0.15, -0.1) is 0 Å². The zero-order valence-corrected chi connectivity index (χ0v) is 17.9. The molecule has 4 heteroatoms. The molecule has 1 aliphatic rings. The molecule has 0 bridgehead atoms. The Morgan fingerprint density at radius 1 is 0.968 bits per heavy atom. The fourth-order valence-electron chi connectivity index (χ4n) is 4.45. The molecule has 1 amide bonds. The smallest absolute Gasteiger partial charge is 0.235 e. The summed E-state index contributed by atoms with van der Waals surface area (Å²) in [4.78, 5) is 13.4. The van der Waals surface area contributed by atoms with Crippen LogP contribution in [0, 0.1) is 12.7 Å². The lowest BCUT2D eigenvalue weighted by atomic mass is 9.68. The summed E-state index contributed by atoms with van der Waals surface area (Å²) >= 11 is 0. The highest BCUT2D eigenvalue weighted by molar-refractivity contribution is 5.99. The Kier molecular flexibility index (Phi) is 6.36. The van der Waals surface area contributed by atoms with E-state index in [1.165, 1.54) is 12.1 Å². The highest BCUT2D eigenvalue weighted by atomic mass is 19.1. The zero-order chi connectivity index (χ0) is 21.7. The largest absolute Gasteiger partial charge is 0.489 e. The predicted octanol–water partition coefficient (Wildman–Crippen LogP) is 6.55. The molecule has 0 spiro atoms. The van der Waals surface area contributed by atoms with Gasteiger partial charge in [0.25, 0.3) is 0 Å². The number of carbonyl (C=O) groups excluding carboxylic acids is 1. The number of rotatable bonds is 6. The minimum atomic E-state index is -0.609. The normalized spacial score (nSPS) is 15.3. The van der Waals surface area contributed by atoms with Gasteiger partial charge in [-0.05, 0) is 66.8 Å². The predicted molar refractivity (Wildman–Crippen MR) is 122 cm³/mol. The Morgan fingerprint density at radius 3 is 2.35 bits per heavy atom. The molecule has 3 aromatic rings. The molecule has 1 fully saturated rings. The lowest BCUT2D eigenvalue weighted by molar-refractivity contribution is -0.122. The van der Waals surface area contributed by atoms with Gasteiger partial charge in [-0.25, -0.2) is 4.39 Å². The van der Waals surface area contributed by atoms with Crippen LogP contribution in [0.3, 0.4) is 0 Å². The summed E-state index contributed by atoms with van der Waals surface area (Å²) in [5.74, 6) is 0.501. The molecule has 1 N–H and O–H groups in total. The van der Waals surface area contributed by atoms with E-state index in [0.717, 1.165) is 60.2 Å². The van der Waals surface area contributed by atoms with E-state index in [-0.39, 0.29) is 11.7 Å². The van der Waals surface area contributed by atoms with Crippen molar-refractivity contribution < 1.29 is 13.9 Å². The van der Waals surface area contributed by atoms with Crippen molar-refractivity contribution in [3.05, 3.63) is 95.3 Å². The minimum Gasteiger partial charge on any atom is -0.489 e. The Hall–Kier alpha value is -3.14. The molecule has 1 saturated carbocycles. The van der Waals surface area contributed by atoms with Crippen LogP contribution in [0.5, 0.6) is 5.75 Å². The first-order valence-corrected chi connectivity index (χ1v) is 10.9. The van der Waals surface area contributed by atoms with Gasteiger partial charge < -0.3 is 10.1 Å². The summed E-state index contributed by atoms with van der Waals surface area (Å²) in [6.45, 7) is 2.48. The van der Waals surface area contributed by atoms with Gasteiger partial charge in [-0.1, -0.05) is 61.7 Å². The molecule has 31 heavy (non-hydrogen) atoms. The summed E-state index contributed by atoms with van der Waals surface area (Å²) in [6, 6.07) is 22.2. The van der Waals surface area contributed by atoms with Gasteiger partial charge in [0.05, 0.1) is 5.41 Å². The molecule has 4 rings (SSSR count). The van der Waals surface area contributed by atoms with Crippen molar-refractivity contribution in [1.82, 2.24) is 0 Å². The second-order valence-corrected chi connectivity index (χ2v) is 8.36. The molecule has 0 atom stereocenters. The van der Waals surface area contributed by atoms with Crippen molar-refractivity contribution in [2.75, 3.05) is 5.32 Å². The number of carbonyl (C=O) groups is 1. The number of hydrogen-bond acceptors (Lipinski definition) is 2. The van der Waals surface area contributed by atoms with Crippen molar-refractivity contribution in [2.24, 2.45) is 0 Å². The highest BCUT2D eigenvalue weighted by Crippen LogP contribution is 2.40. The maximum Gasteiger partial charge on any atom is 0.235 e. The van der Waals surface area contributed by atoms with Crippen LogP contribution in [0.4, 0.5) is 10.1 Å². The average molecular weight is 418 g/mol. The Bertz CT molecular complexity index is 1020. The van der Waals surface area contributed by atoms with E-state index in [2.05, 4.69) is 5.32 Å². The minimum absolute atomic E-state index is 0.0174. The second-order valence-electron chi connectivity index (χ2n) is 8.36. The fourth-order valence-corrected chi connectivity index (χ4v) is 4.45. The second kappa shape index (κ2) is 9.34. The lowest BCUT2D eigenvalue weighted by Gasteiger charge is -2.36. The fraction of sp³-hybridized carbons (Fsp3) is 0.296. The quantitative estimate of drug-likeness (QED) is 0.494. The number of amides is 1. The monoisotopic (exact) mass is 417 g/mol. The van der Waals surface area contributed by atoms with E-state index in [4.69, 9.17) is 4.74 Å². The molecule has 3 aromatic carbocycles. The summed E-state index contributed by atoms with van der Waals surface area (Å²) in [7, 11) is 0. The van der Waals surface area contributed by atoms with E-state index < -0.39 is 5.41 Å². The van der Waals surface area contributed by atoms with E-state index in [9.17, 15) is 9.18 Å². The van der Waals surface area contributed by atoms with E-state index >= 15 is 0 Å². The zero-order valence-electron chi connectivity index (χ0n) is 17.9. The first-order chi connectivity index (χ1) is 15.1. The summed E-state index contributed by atoms with van der Waals surface area (Å²) in [5, 5.41) is 3.12. The number of halogens is 1. The van der Waals surface area contributed by atoms with Gasteiger partial charge in [0.15, 0.2) is 0 Å². The number of benzene rings is 3. The molecule has 160 valence electrons. The van der Waals surface area contributed by atoms with Crippen molar-refractivity contribution in [3.63, 3.8) is 0 Å². The van der Waals surface area contributed by atoms with Crippen molar-refractivity contribution in [3.8, 4) is 5.75 Å². The first-order valence-electron chi connectivity index (χ1n) is 10.9. The maximum atomic E-state index is 13.5. The number of hydrogen-bond donors (Lipinski definition) is 1. The molecular weight excluding hydrogens is 389 g/mol. The Labute approximate surface area is 183 Å². The third-order valence-corrected chi connectivity index (χ3v) is 6.21. The van der Waals surface area contributed by atoms with Crippen LogP contribution >= 0.6 is 0 Å². The molecule has 3 nitrogen and oxygen atoms in total. The summed E-state index contributed by atoms with van der Waals surface area (Å²) in [6.07, 6.45) is 4.68. The average Bonchev–Trinajstić information content (AvgIpc) is 2.80. The SMILES string of the molecule is Cc1cc(NC(=O)C2(c3ccc(F)cc3)CCCCC2)ccc1OCc1ccccc1. The van der Waals surface area contributed by atoms with Crippen LogP contribution in [-0.2, 0) is 16.8 Å². The molecule has 0 aliphatic heterocycles. The van der Waals surface area contributed by atoms with Crippen LogP contribution in [0.2, 0.25) is 0 Å². The Morgan fingerprint density at radius 2 is 1.68 bits per heavy atom. The molecule has 0 saturated heterocycles. The van der Waals surface area contributed by atoms with E-state index in [1.807, 2.05) is 55.5 Å². The van der Waals surface area contributed by atoms with Crippen molar-refractivity contribution >= 4 is 11.6 Å². The van der Waals surface area contributed by atoms with Gasteiger partial charge in [-0.3, -0.25) is 4.79 Å². The molecule has 0 radical (unpaired) electrons. The third kappa shape index (κ3) is 4.79. The summed E-state index contributed by atoms with van der Waals surface area (Å²) in [5.41, 5.74) is 3.11. The van der Waals surface area contributed by atoms with E-state index in [1.54, 1.807) is 12.1 Å². The van der Waals surface area contributed by atoms with Crippen LogP contribution in [-0.4, -0.2) is 5.91 Å². The van der Waals surface area contributed by atoms with Crippen molar-refractivity contribution in [1.29, 1.82) is 0 Å². The van der Waals surface area contributed by atoms with Crippen LogP contribution in [0.15, 0.2) is 72.8 Å². The van der Waals surface area contributed by atoms with Crippen LogP contribution < -0.4 is 10.1 Å². The maximum absolute atomic E-state index is 13.5. The number of nitrogens with one attached hydrogen (secondary N) is 1. The molecule has 0 heterocycles. The molecular formula is C27H28FNO2. The topological polar surface area (TPSA) is 38.3 Å². The lowest BCUT2D eigenvalue weighted by Crippen LogP contribution is -2.42. The van der Waals surface area contributed by atoms with E-state index in [0.29, 0.717) is 6.61 Å². The van der Waals surface area contributed by atoms with Crippen molar-refractivity contribution in [2.45, 2.75) is 51.0 Å². The number of ether oxygens (including phenoxy) is 1. The standard InChI is InChI=1S/C27H28FNO2/c1-20-18-24(14-15-25(20)31-19-21-8-4-2-5-9-21)29-26(30)27(16-6-3-7-17-27)22-10-12-23(28)13-11-22/h2,4-5,8-15,18H,3,6-7,16-17,19H2,1H3,(H,29,30).